The Labute approximate surface area is 204 Å². The zero-order chi connectivity index (χ0) is 25.3. The first kappa shape index (κ1) is 25.0. The van der Waals surface area contributed by atoms with E-state index in [4.69, 9.17) is 9.97 Å². The third-order valence-corrected chi connectivity index (χ3v) is 5.92. The van der Waals surface area contributed by atoms with Crippen LogP contribution in [-0.2, 0) is 12.1 Å². The highest BCUT2D eigenvalue weighted by Crippen LogP contribution is 2.30. The van der Waals surface area contributed by atoms with Gasteiger partial charge in [0, 0.05) is 24.8 Å². The monoisotopic (exact) mass is 486 g/mol. The van der Waals surface area contributed by atoms with Gasteiger partial charge >= 0.3 is 0 Å². The molecular formula is C23H35FN10O. The number of rotatable bonds is 9. The van der Waals surface area contributed by atoms with Crippen LogP contribution >= 0.6 is 0 Å². The van der Waals surface area contributed by atoms with Crippen molar-refractivity contribution in [2.45, 2.75) is 51.3 Å². The highest BCUT2D eigenvalue weighted by Gasteiger charge is 2.35. The van der Waals surface area contributed by atoms with E-state index < -0.39 is 18.4 Å². The molecule has 0 saturated carbocycles. The highest BCUT2D eigenvalue weighted by molar-refractivity contribution is 5.86. The number of fused-ring (bicyclic) bond motifs is 1. The summed E-state index contributed by atoms with van der Waals surface area (Å²) in [5.74, 6) is 0.921. The molecule has 3 aromatic rings. The molecule has 11 nitrogen and oxygen atoms in total. The van der Waals surface area contributed by atoms with Crippen molar-refractivity contribution in [3.8, 4) is 0 Å². The predicted molar refractivity (Wildman–Crippen MR) is 135 cm³/mol. The topological polar surface area (TPSA) is 112 Å². The van der Waals surface area contributed by atoms with E-state index in [-0.39, 0.29) is 12.1 Å². The molecule has 1 aliphatic rings. The van der Waals surface area contributed by atoms with Crippen molar-refractivity contribution in [1.29, 1.82) is 0 Å². The summed E-state index contributed by atoms with van der Waals surface area (Å²) >= 11 is 0. The number of hydrogen-bond acceptors (Lipinski definition) is 9. The molecule has 3 N–H and O–H groups in total. The lowest BCUT2D eigenvalue weighted by Gasteiger charge is -2.22. The van der Waals surface area contributed by atoms with Gasteiger partial charge < -0.3 is 24.8 Å². The fourth-order valence-electron chi connectivity index (χ4n) is 3.97. The highest BCUT2D eigenvalue weighted by atomic mass is 19.1. The molecule has 4 rings (SSSR count). The standard InChI is InChI=1S/C23H35FN10O/c1-7-18(35)28-17-13-32(12-16(17)24)22-29-20(19-21(30-22)34(14-25-19)23(2,3)4)27-15-10-26-33(11-15)9-8-31(5)6/h7,10-11,14,16-18,28,35H,1,8-9,12-13H2,2-6H3,(H,27,29,30)/t16-,17-,18?/m1/s1. The summed E-state index contributed by atoms with van der Waals surface area (Å²) in [5, 5.41) is 20.4. The quantitative estimate of drug-likeness (QED) is 0.307. The molecule has 35 heavy (non-hydrogen) atoms. The summed E-state index contributed by atoms with van der Waals surface area (Å²) in [4.78, 5) is 18.0. The van der Waals surface area contributed by atoms with Crippen molar-refractivity contribution in [2.75, 3.05) is 43.9 Å². The number of imidazole rings is 1. The second-order valence-electron chi connectivity index (χ2n) is 10.1. The average Bonchev–Trinajstić information content (AvgIpc) is 3.50. The van der Waals surface area contributed by atoms with Gasteiger partial charge in [0.05, 0.1) is 37.3 Å². The Morgan fingerprint density at radius 3 is 2.77 bits per heavy atom. The van der Waals surface area contributed by atoms with Gasteiger partial charge in [-0.25, -0.2) is 9.37 Å². The second-order valence-corrected chi connectivity index (χ2v) is 10.1. The minimum Gasteiger partial charge on any atom is -0.375 e. The summed E-state index contributed by atoms with van der Waals surface area (Å²) in [6, 6.07) is -0.568. The largest absolute Gasteiger partial charge is 0.375 e. The molecule has 1 unspecified atom stereocenters. The zero-order valence-electron chi connectivity index (χ0n) is 21.0. The lowest BCUT2D eigenvalue weighted by molar-refractivity contribution is 0.150. The Bertz CT molecular complexity index is 1170. The average molecular weight is 487 g/mol. The van der Waals surface area contributed by atoms with Gasteiger partial charge in [-0.3, -0.25) is 10.00 Å². The molecule has 0 amide bonds. The number of nitrogens with one attached hydrogen (secondary N) is 2. The molecule has 1 fully saturated rings. The van der Waals surface area contributed by atoms with E-state index in [0.29, 0.717) is 29.5 Å². The van der Waals surface area contributed by atoms with Crippen molar-refractivity contribution in [3.05, 3.63) is 31.4 Å². The molecule has 0 spiro atoms. The number of nitrogens with zero attached hydrogens (tertiary/aromatic N) is 8. The number of anilines is 3. The maximum Gasteiger partial charge on any atom is 0.229 e. The van der Waals surface area contributed by atoms with Crippen LogP contribution in [0.5, 0.6) is 0 Å². The van der Waals surface area contributed by atoms with Gasteiger partial charge in [0.1, 0.15) is 12.4 Å². The molecule has 0 aliphatic carbocycles. The third kappa shape index (κ3) is 5.60. The maximum atomic E-state index is 14.8. The Kier molecular flexibility index (Phi) is 7.06. The Balaban J connectivity index is 1.67. The molecule has 0 bridgehead atoms. The number of alkyl halides is 1. The van der Waals surface area contributed by atoms with Crippen molar-refractivity contribution in [3.63, 3.8) is 0 Å². The van der Waals surface area contributed by atoms with E-state index in [0.717, 1.165) is 18.8 Å². The van der Waals surface area contributed by atoms with Crippen LogP contribution in [0.2, 0.25) is 0 Å². The normalized spacial score (nSPS) is 19.6. The minimum atomic E-state index is -1.19. The van der Waals surface area contributed by atoms with Crippen LogP contribution in [0.15, 0.2) is 31.4 Å². The van der Waals surface area contributed by atoms with Gasteiger partial charge in [0.2, 0.25) is 5.95 Å². The third-order valence-electron chi connectivity index (χ3n) is 5.92. The fraction of sp³-hybridized carbons (Fsp3) is 0.565. The summed E-state index contributed by atoms with van der Waals surface area (Å²) < 4.78 is 18.6. The van der Waals surface area contributed by atoms with Crippen LogP contribution < -0.4 is 15.5 Å². The number of aliphatic hydroxyl groups excluding tert-OH is 1. The molecule has 190 valence electrons. The summed E-state index contributed by atoms with van der Waals surface area (Å²) in [5.41, 5.74) is 1.79. The molecule has 0 aromatic carbocycles. The van der Waals surface area contributed by atoms with Gasteiger partial charge in [0.25, 0.3) is 0 Å². The predicted octanol–water partition coefficient (Wildman–Crippen LogP) is 1.70. The number of hydrogen-bond donors (Lipinski definition) is 3. The SMILES string of the molecule is C=CC(O)N[C@@H]1CN(c2nc(Nc3cnn(CCN(C)C)c3)c3ncn(C(C)(C)C)c3n2)C[C@H]1F. The smallest absolute Gasteiger partial charge is 0.229 e. The van der Waals surface area contributed by atoms with Gasteiger partial charge in [0.15, 0.2) is 17.0 Å². The number of aliphatic hydroxyl groups is 1. The fourth-order valence-corrected chi connectivity index (χ4v) is 3.97. The van der Waals surface area contributed by atoms with E-state index in [9.17, 15) is 9.50 Å². The lowest BCUT2D eigenvalue weighted by atomic mass is 10.1. The summed E-state index contributed by atoms with van der Waals surface area (Å²) in [6.45, 7) is 11.8. The van der Waals surface area contributed by atoms with Crippen LogP contribution in [0.25, 0.3) is 11.2 Å². The van der Waals surface area contributed by atoms with E-state index in [1.165, 1.54) is 6.08 Å². The van der Waals surface area contributed by atoms with E-state index >= 15 is 0 Å². The molecule has 4 heterocycles. The van der Waals surface area contributed by atoms with Gasteiger partial charge in [-0.05, 0) is 40.9 Å². The summed E-state index contributed by atoms with van der Waals surface area (Å²) in [7, 11) is 4.04. The number of aromatic nitrogens is 6. The molecular weight excluding hydrogens is 451 g/mol. The first-order valence-corrected chi connectivity index (χ1v) is 11.7. The van der Waals surface area contributed by atoms with E-state index in [1.54, 1.807) is 17.4 Å². The zero-order valence-corrected chi connectivity index (χ0v) is 21.0. The molecule has 12 heteroatoms. The van der Waals surface area contributed by atoms with E-state index in [2.05, 4.69) is 53.0 Å². The number of halogens is 1. The first-order chi connectivity index (χ1) is 16.5. The summed E-state index contributed by atoms with van der Waals surface area (Å²) in [6.07, 6.45) is 4.57. The maximum absolute atomic E-state index is 14.8. The van der Waals surface area contributed by atoms with E-state index in [1.807, 2.05) is 29.5 Å². The van der Waals surface area contributed by atoms with Crippen molar-refractivity contribution < 1.29 is 9.50 Å². The minimum absolute atomic E-state index is 0.110. The Morgan fingerprint density at radius 1 is 1.31 bits per heavy atom. The van der Waals surface area contributed by atoms with Crippen molar-refractivity contribution >= 4 is 28.6 Å². The van der Waals surface area contributed by atoms with Crippen molar-refractivity contribution in [1.82, 2.24) is 39.5 Å². The lowest BCUT2D eigenvalue weighted by Crippen LogP contribution is -2.43. The second kappa shape index (κ2) is 9.88. The molecule has 3 atom stereocenters. The number of likely N-dealkylation sites (N-methyl/N-ethyl adjacent to an activating group) is 1. The van der Waals surface area contributed by atoms with Gasteiger partial charge in [-0.1, -0.05) is 6.58 Å². The molecule has 1 aliphatic heterocycles. The molecule has 3 aromatic heterocycles. The van der Waals surface area contributed by atoms with Crippen LogP contribution in [-0.4, -0.2) is 91.5 Å². The van der Waals surface area contributed by atoms with Crippen LogP contribution in [0.1, 0.15) is 20.8 Å². The van der Waals surface area contributed by atoms with Crippen molar-refractivity contribution in [2.24, 2.45) is 0 Å². The van der Waals surface area contributed by atoms with Crippen LogP contribution in [0, 0.1) is 0 Å². The molecule has 1 saturated heterocycles. The van der Waals surface area contributed by atoms with Crippen LogP contribution in [0.3, 0.4) is 0 Å². The molecule has 0 radical (unpaired) electrons. The van der Waals surface area contributed by atoms with Crippen LogP contribution in [0.4, 0.5) is 21.8 Å². The first-order valence-electron chi connectivity index (χ1n) is 11.7. The van der Waals surface area contributed by atoms with Gasteiger partial charge in [-0.2, -0.15) is 15.1 Å². The Morgan fingerprint density at radius 2 is 2.09 bits per heavy atom. The van der Waals surface area contributed by atoms with Gasteiger partial charge in [-0.15, -0.1) is 0 Å². The Hall–Kier alpha value is -3.09.